The number of amides is 1. The van der Waals surface area contributed by atoms with Crippen LogP contribution in [-0.2, 0) is 9.53 Å². The molecule has 0 radical (unpaired) electrons. The van der Waals surface area contributed by atoms with E-state index in [9.17, 15) is 14.0 Å². The van der Waals surface area contributed by atoms with Crippen LogP contribution in [0.15, 0.2) is 18.2 Å². The van der Waals surface area contributed by atoms with Gasteiger partial charge in [0.1, 0.15) is 5.82 Å². The molecular formula is C14H12FNO3. The monoisotopic (exact) mass is 261 g/mol. The number of methoxy groups -OCH3 is 1. The van der Waals surface area contributed by atoms with E-state index in [0.29, 0.717) is 6.54 Å². The minimum atomic E-state index is -0.645. The third-order valence-electron chi connectivity index (χ3n) is 3.02. The zero-order chi connectivity index (χ0) is 14.0. The van der Waals surface area contributed by atoms with Crippen molar-refractivity contribution >= 4 is 17.6 Å². The van der Waals surface area contributed by atoms with Crippen molar-refractivity contribution in [2.45, 2.75) is 6.42 Å². The van der Waals surface area contributed by atoms with Gasteiger partial charge in [-0.05, 0) is 18.2 Å². The maximum absolute atomic E-state index is 13.9. The summed E-state index contributed by atoms with van der Waals surface area (Å²) in [7, 11) is 1.22. The van der Waals surface area contributed by atoms with Crippen molar-refractivity contribution in [3.63, 3.8) is 0 Å². The van der Waals surface area contributed by atoms with Crippen molar-refractivity contribution in [1.29, 1.82) is 0 Å². The maximum atomic E-state index is 13.9. The van der Waals surface area contributed by atoms with E-state index in [1.54, 1.807) is 0 Å². The Morgan fingerprint density at radius 1 is 1.58 bits per heavy atom. The molecule has 2 rings (SSSR count). The average Bonchev–Trinajstić information content (AvgIpc) is 2.79. The molecule has 19 heavy (non-hydrogen) atoms. The first kappa shape index (κ1) is 13.1. The third kappa shape index (κ3) is 2.43. The molecule has 5 heteroatoms. The molecule has 0 spiro atoms. The number of anilines is 1. The van der Waals surface area contributed by atoms with Gasteiger partial charge in [-0.15, -0.1) is 12.3 Å². The van der Waals surface area contributed by atoms with E-state index in [-0.39, 0.29) is 29.5 Å². The molecule has 1 aromatic rings. The second-order valence-corrected chi connectivity index (χ2v) is 4.23. The Kier molecular flexibility index (Phi) is 3.52. The number of terminal acetylenes is 1. The van der Waals surface area contributed by atoms with Crippen molar-refractivity contribution in [3.05, 3.63) is 29.6 Å². The van der Waals surface area contributed by atoms with E-state index in [4.69, 9.17) is 6.42 Å². The number of nitrogens with zero attached hydrogens (tertiary/aromatic N) is 1. The molecule has 1 fully saturated rings. The molecular weight excluding hydrogens is 249 g/mol. The van der Waals surface area contributed by atoms with Gasteiger partial charge < -0.3 is 9.64 Å². The van der Waals surface area contributed by atoms with Crippen molar-refractivity contribution in [2.75, 3.05) is 18.6 Å². The summed E-state index contributed by atoms with van der Waals surface area (Å²) in [6.07, 6.45) is 5.49. The molecule has 0 aliphatic carbocycles. The normalized spacial score (nSPS) is 18.3. The van der Waals surface area contributed by atoms with Crippen LogP contribution in [0.2, 0.25) is 0 Å². The summed E-state index contributed by atoms with van der Waals surface area (Å²) < 4.78 is 18.4. The smallest absolute Gasteiger partial charge is 0.337 e. The Labute approximate surface area is 110 Å². The van der Waals surface area contributed by atoms with Crippen LogP contribution in [0.3, 0.4) is 0 Å². The van der Waals surface area contributed by atoms with E-state index in [2.05, 4.69) is 10.7 Å². The molecule has 0 bridgehead atoms. The fraction of sp³-hybridized carbons (Fsp3) is 0.286. The highest BCUT2D eigenvalue weighted by molar-refractivity contribution is 5.97. The second kappa shape index (κ2) is 5.11. The predicted molar refractivity (Wildman–Crippen MR) is 67.0 cm³/mol. The van der Waals surface area contributed by atoms with E-state index in [0.717, 1.165) is 6.07 Å². The van der Waals surface area contributed by atoms with Crippen LogP contribution in [0.25, 0.3) is 0 Å². The highest BCUT2D eigenvalue weighted by Gasteiger charge is 2.31. The van der Waals surface area contributed by atoms with Gasteiger partial charge in [0.15, 0.2) is 0 Å². The Bertz CT molecular complexity index is 577. The third-order valence-corrected chi connectivity index (χ3v) is 3.02. The van der Waals surface area contributed by atoms with Gasteiger partial charge in [-0.1, -0.05) is 0 Å². The molecule has 1 amide bonds. The molecule has 1 aliphatic rings. The molecule has 1 heterocycles. The highest BCUT2D eigenvalue weighted by Crippen LogP contribution is 2.27. The first-order valence-electron chi connectivity index (χ1n) is 5.71. The van der Waals surface area contributed by atoms with Crippen LogP contribution in [-0.4, -0.2) is 25.5 Å². The van der Waals surface area contributed by atoms with Gasteiger partial charge in [-0.25, -0.2) is 9.18 Å². The lowest BCUT2D eigenvalue weighted by Crippen LogP contribution is -2.25. The Morgan fingerprint density at radius 2 is 2.32 bits per heavy atom. The van der Waals surface area contributed by atoms with Gasteiger partial charge in [0, 0.05) is 18.9 Å². The highest BCUT2D eigenvalue weighted by atomic mass is 19.1. The number of ether oxygens (including phenoxy) is 1. The summed E-state index contributed by atoms with van der Waals surface area (Å²) in [4.78, 5) is 24.3. The lowest BCUT2D eigenvalue weighted by Gasteiger charge is -2.17. The molecule has 1 aliphatic heterocycles. The predicted octanol–water partition coefficient (Wildman–Crippen LogP) is 1.60. The summed E-state index contributed by atoms with van der Waals surface area (Å²) in [5.74, 6) is 0.807. The first-order chi connectivity index (χ1) is 9.06. The Morgan fingerprint density at radius 3 is 2.84 bits per heavy atom. The van der Waals surface area contributed by atoms with Gasteiger partial charge in [0.2, 0.25) is 5.91 Å². The van der Waals surface area contributed by atoms with E-state index in [1.807, 2.05) is 0 Å². The number of hydrogen-bond donors (Lipinski definition) is 0. The van der Waals surface area contributed by atoms with Gasteiger partial charge in [-0.3, -0.25) is 4.79 Å². The molecule has 0 N–H and O–H groups in total. The van der Waals surface area contributed by atoms with Crippen molar-refractivity contribution in [3.8, 4) is 12.3 Å². The van der Waals surface area contributed by atoms with Crippen LogP contribution in [0.5, 0.6) is 0 Å². The van der Waals surface area contributed by atoms with Crippen molar-refractivity contribution in [2.24, 2.45) is 5.92 Å². The van der Waals surface area contributed by atoms with Crippen molar-refractivity contribution < 1.29 is 18.7 Å². The van der Waals surface area contributed by atoms with E-state index in [1.165, 1.54) is 24.1 Å². The lowest BCUT2D eigenvalue weighted by atomic mass is 10.1. The minimum Gasteiger partial charge on any atom is -0.465 e. The van der Waals surface area contributed by atoms with Crippen LogP contribution in [0.4, 0.5) is 10.1 Å². The van der Waals surface area contributed by atoms with Gasteiger partial charge in [-0.2, -0.15) is 0 Å². The molecule has 98 valence electrons. The fourth-order valence-corrected chi connectivity index (χ4v) is 2.02. The van der Waals surface area contributed by atoms with Gasteiger partial charge >= 0.3 is 5.97 Å². The molecule has 1 unspecified atom stereocenters. The molecule has 1 atom stereocenters. The largest absolute Gasteiger partial charge is 0.465 e. The SMILES string of the molecule is C#CC1CC(=O)N(c2ccc(C(=O)OC)cc2F)C1. The summed E-state index contributed by atoms with van der Waals surface area (Å²) in [6.45, 7) is 0.295. The molecule has 0 saturated carbocycles. The standard InChI is InChI=1S/C14H12FNO3/c1-3-9-6-13(17)16(8-9)12-5-4-10(7-11(12)15)14(18)19-2/h1,4-5,7,9H,6,8H2,2H3. The zero-order valence-electron chi connectivity index (χ0n) is 10.4. The molecule has 4 nitrogen and oxygen atoms in total. The van der Waals surface area contributed by atoms with Crippen LogP contribution in [0.1, 0.15) is 16.8 Å². The van der Waals surface area contributed by atoms with E-state index >= 15 is 0 Å². The fourth-order valence-electron chi connectivity index (χ4n) is 2.02. The van der Waals surface area contributed by atoms with Crippen molar-refractivity contribution in [1.82, 2.24) is 0 Å². The summed E-state index contributed by atoms with van der Waals surface area (Å²) >= 11 is 0. The molecule has 1 saturated heterocycles. The lowest BCUT2D eigenvalue weighted by molar-refractivity contribution is -0.117. The Balaban J connectivity index is 2.30. The molecule has 1 aromatic carbocycles. The summed E-state index contributed by atoms with van der Waals surface area (Å²) in [5.41, 5.74) is 0.235. The number of esters is 1. The first-order valence-corrected chi connectivity index (χ1v) is 5.71. The quantitative estimate of drug-likeness (QED) is 0.600. The van der Waals surface area contributed by atoms with Gasteiger partial charge in [0.25, 0.3) is 0 Å². The van der Waals surface area contributed by atoms with Crippen LogP contribution >= 0.6 is 0 Å². The summed E-state index contributed by atoms with van der Waals surface area (Å²) in [5, 5.41) is 0. The van der Waals surface area contributed by atoms with Crippen LogP contribution in [0, 0.1) is 24.1 Å². The number of rotatable bonds is 2. The summed E-state index contributed by atoms with van der Waals surface area (Å²) in [6, 6.07) is 3.86. The topological polar surface area (TPSA) is 46.6 Å². The Hall–Kier alpha value is -2.35. The number of halogens is 1. The number of hydrogen-bond acceptors (Lipinski definition) is 3. The second-order valence-electron chi connectivity index (χ2n) is 4.23. The average molecular weight is 261 g/mol. The van der Waals surface area contributed by atoms with Gasteiger partial charge in [0.05, 0.1) is 18.4 Å². The number of carbonyl (C=O) groups excluding carboxylic acids is 2. The maximum Gasteiger partial charge on any atom is 0.337 e. The number of benzene rings is 1. The van der Waals surface area contributed by atoms with Crippen LogP contribution < -0.4 is 4.90 Å². The van der Waals surface area contributed by atoms with E-state index < -0.39 is 11.8 Å². The minimum absolute atomic E-state index is 0.101. The molecule has 0 aromatic heterocycles. The zero-order valence-corrected chi connectivity index (χ0v) is 10.4. The number of carbonyl (C=O) groups is 2.